The fraction of sp³-hybridized carbons (Fsp3) is 0. The minimum absolute atomic E-state index is 1.12. The van der Waals surface area contributed by atoms with E-state index < -0.39 is 0 Å². The van der Waals surface area contributed by atoms with Gasteiger partial charge in [-0.05, 0) is 60.7 Å². The smallest absolute Gasteiger partial charge is 0.0771 e. The van der Waals surface area contributed by atoms with E-state index in [9.17, 15) is 0 Å². The maximum Gasteiger partial charge on any atom is 0.0771 e. The summed E-state index contributed by atoms with van der Waals surface area (Å²) in [5, 5.41) is 7.47. The normalized spacial score (nSPS) is 12.8. The Morgan fingerprint density at radius 2 is 0.886 bits per heavy atom. The molecule has 168 valence electrons. The fourth-order valence-electron chi connectivity index (χ4n) is 4.64. The third-order valence-electron chi connectivity index (χ3n) is 6.24. The number of nitrogens with one attached hydrogen (secondary N) is 2. The average molecular weight is 488 g/mol. The van der Waals surface area contributed by atoms with Crippen LogP contribution in [-0.2, 0) is 0 Å². The number of hydrogen-bond donors (Lipinski definition) is 2. The van der Waals surface area contributed by atoms with Crippen molar-refractivity contribution >= 4 is 63.3 Å². The lowest BCUT2D eigenvalue weighted by Gasteiger charge is -2.33. The molecule has 0 bridgehead atoms. The van der Waals surface area contributed by atoms with Crippen molar-refractivity contribution in [1.29, 1.82) is 0 Å². The highest BCUT2D eigenvalue weighted by atomic mass is 32.2. The summed E-state index contributed by atoms with van der Waals surface area (Å²) >= 11 is 3.63. The molecule has 2 aliphatic rings. The van der Waals surface area contributed by atoms with Crippen molar-refractivity contribution in [3.63, 3.8) is 0 Å². The van der Waals surface area contributed by atoms with Crippen LogP contribution in [0.2, 0.25) is 0 Å². The van der Waals surface area contributed by atoms with Crippen LogP contribution in [0.1, 0.15) is 0 Å². The molecule has 0 radical (unpaired) electrons. The summed E-state index contributed by atoms with van der Waals surface area (Å²) < 4.78 is 0. The van der Waals surface area contributed by atoms with Gasteiger partial charge in [0.25, 0.3) is 0 Å². The molecule has 0 fully saturated rings. The highest BCUT2D eigenvalue weighted by molar-refractivity contribution is 8.00. The number of hydrogen-bond acceptors (Lipinski definition) is 5. The standard InChI is InChI=1S/C30H21N3S2/c1-2-10-20(11-3-1)33(23-14-8-18-27-29(23)31-21-12-4-6-16-25(21)34-27)24-15-9-19-28-30(24)32-22-13-5-7-17-26(22)35-28/h1-19,31-32H. The molecule has 0 saturated heterocycles. The maximum atomic E-state index is 3.74. The molecule has 0 amide bonds. The SMILES string of the molecule is c1ccc(N(c2cccc3c2Nc2ccccc2S3)c2cccc3c2Nc2ccccc2S3)cc1. The van der Waals surface area contributed by atoms with Gasteiger partial charge >= 0.3 is 0 Å². The van der Waals surface area contributed by atoms with E-state index in [0.717, 1.165) is 39.8 Å². The van der Waals surface area contributed by atoms with Gasteiger partial charge in [0.2, 0.25) is 0 Å². The van der Waals surface area contributed by atoms with Gasteiger partial charge in [-0.2, -0.15) is 0 Å². The van der Waals surface area contributed by atoms with Crippen molar-refractivity contribution in [2.75, 3.05) is 15.5 Å². The van der Waals surface area contributed by atoms with Crippen LogP contribution in [-0.4, -0.2) is 0 Å². The van der Waals surface area contributed by atoms with Crippen LogP contribution in [0, 0.1) is 0 Å². The summed E-state index contributed by atoms with van der Waals surface area (Å²) in [4.78, 5) is 7.30. The molecule has 5 heteroatoms. The Balaban J connectivity index is 1.42. The van der Waals surface area contributed by atoms with E-state index in [2.05, 4.69) is 131 Å². The highest BCUT2D eigenvalue weighted by Gasteiger charge is 2.27. The van der Waals surface area contributed by atoms with Crippen LogP contribution in [0.4, 0.5) is 39.8 Å². The summed E-state index contributed by atoms with van der Waals surface area (Å²) in [6.07, 6.45) is 0. The highest BCUT2D eigenvalue weighted by Crippen LogP contribution is 2.54. The van der Waals surface area contributed by atoms with Gasteiger partial charge in [-0.25, -0.2) is 0 Å². The van der Waals surface area contributed by atoms with Crippen LogP contribution >= 0.6 is 23.5 Å². The van der Waals surface area contributed by atoms with Gasteiger partial charge in [0.1, 0.15) is 0 Å². The van der Waals surface area contributed by atoms with E-state index in [4.69, 9.17) is 0 Å². The van der Waals surface area contributed by atoms with Gasteiger partial charge in [0.15, 0.2) is 0 Å². The molecule has 0 aromatic heterocycles. The number of para-hydroxylation sites is 5. The molecule has 0 unspecified atom stereocenters. The lowest BCUT2D eigenvalue weighted by Crippen LogP contribution is -2.16. The summed E-state index contributed by atoms with van der Waals surface area (Å²) in [5.41, 5.74) is 7.89. The lowest BCUT2D eigenvalue weighted by molar-refractivity contribution is 1.21. The van der Waals surface area contributed by atoms with Crippen molar-refractivity contribution in [3.05, 3.63) is 115 Å². The molecule has 2 N–H and O–H groups in total. The van der Waals surface area contributed by atoms with Crippen molar-refractivity contribution < 1.29 is 0 Å². The summed E-state index contributed by atoms with van der Waals surface area (Å²) in [5.74, 6) is 0. The first kappa shape index (κ1) is 20.6. The number of anilines is 7. The van der Waals surface area contributed by atoms with Gasteiger partial charge in [-0.3, -0.25) is 0 Å². The summed E-state index contributed by atoms with van der Waals surface area (Å²) in [6, 6.07) is 40.7. The van der Waals surface area contributed by atoms with Crippen LogP contribution in [0.25, 0.3) is 0 Å². The van der Waals surface area contributed by atoms with Gasteiger partial charge in [-0.15, -0.1) is 0 Å². The van der Waals surface area contributed by atoms with E-state index in [-0.39, 0.29) is 0 Å². The van der Waals surface area contributed by atoms with Crippen LogP contribution < -0.4 is 15.5 Å². The first-order valence-corrected chi connectivity index (χ1v) is 13.2. The molecule has 2 aliphatic heterocycles. The first-order chi connectivity index (χ1) is 17.3. The third-order valence-corrected chi connectivity index (χ3v) is 8.51. The molecule has 7 rings (SSSR count). The molecule has 5 aromatic carbocycles. The predicted molar refractivity (Wildman–Crippen MR) is 149 cm³/mol. The number of rotatable bonds is 3. The van der Waals surface area contributed by atoms with Crippen molar-refractivity contribution in [2.45, 2.75) is 19.6 Å². The Morgan fingerprint density at radius 3 is 1.43 bits per heavy atom. The van der Waals surface area contributed by atoms with E-state index in [1.807, 2.05) is 23.5 Å². The minimum Gasteiger partial charge on any atom is -0.352 e. The summed E-state index contributed by atoms with van der Waals surface area (Å²) in [7, 11) is 0. The zero-order valence-electron chi connectivity index (χ0n) is 18.7. The molecule has 0 aliphatic carbocycles. The molecular weight excluding hydrogens is 466 g/mol. The van der Waals surface area contributed by atoms with Crippen LogP contribution in [0.5, 0.6) is 0 Å². The van der Waals surface area contributed by atoms with Crippen molar-refractivity contribution in [3.8, 4) is 0 Å². The second-order valence-electron chi connectivity index (χ2n) is 8.42. The van der Waals surface area contributed by atoms with Gasteiger partial charge in [0.05, 0.1) is 34.1 Å². The fourth-order valence-corrected chi connectivity index (χ4v) is 6.68. The molecule has 2 heterocycles. The zero-order chi connectivity index (χ0) is 23.2. The van der Waals surface area contributed by atoms with Gasteiger partial charge < -0.3 is 15.5 Å². The molecule has 5 aromatic rings. The van der Waals surface area contributed by atoms with Gasteiger partial charge in [0, 0.05) is 25.3 Å². The minimum atomic E-state index is 1.12. The van der Waals surface area contributed by atoms with Crippen molar-refractivity contribution in [1.82, 2.24) is 0 Å². The maximum absolute atomic E-state index is 3.74. The van der Waals surface area contributed by atoms with E-state index >= 15 is 0 Å². The number of benzene rings is 5. The molecular formula is C30H21N3S2. The van der Waals surface area contributed by atoms with E-state index in [1.165, 1.54) is 19.6 Å². The first-order valence-electron chi connectivity index (χ1n) is 11.5. The number of fused-ring (bicyclic) bond motifs is 4. The molecule has 3 nitrogen and oxygen atoms in total. The second-order valence-corrected chi connectivity index (χ2v) is 10.6. The van der Waals surface area contributed by atoms with Gasteiger partial charge in [-0.1, -0.05) is 78.1 Å². The Hall–Kier alpha value is -3.80. The Morgan fingerprint density at radius 1 is 0.429 bits per heavy atom. The van der Waals surface area contributed by atoms with E-state index in [0.29, 0.717) is 0 Å². The summed E-state index contributed by atoms with van der Waals surface area (Å²) in [6.45, 7) is 0. The Labute approximate surface area is 213 Å². The third kappa shape index (κ3) is 3.55. The average Bonchev–Trinajstić information content (AvgIpc) is 2.92. The lowest BCUT2D eigenvalue weighted by atomic mass is 10.1. The quantitative estimate of drug-likeness (QED) is 0.259. The van der Waals surface area contributed by atoms with E-state index in [1.54, 1.807) is 0 Å². The zero-order valence-corrected chi connectivity index (χ0v) is 20.4. The second kappa shape index (κ2) is 8.45. The molecule has 0 saturated carbocycles. The Kier molecular flexibility index (Phi) is 4.96. The van der Waals surface area contributed by atoms with Crippen LogP contribution in [0.3, 0.4) is 0 Å². The molecule has 0 spiro atoms. The molecule has 35 heavy (non-hydrogen) atoms. The molecule has 0 atom stereocenters. The monoisotopic (exact) mass is 487 g/mol. The van der Waals surface area contributed by atoms with Crippen LogP contribution in [0.15, 0.2) is 135 Å². The Bertz CT molecular complexity index is 1470. The topological polar surface area (TPSA) is 27.3 Å². The largest absolute Gasteiger partial charge is 0.352 e. The van der Waals surface area contributed by atoms with Crippen molar-refractivity contribution in [2.24, 2.45) is 0 Å². The predicted octanol–water partition coefficient (Wildman–Crippen LogP) is 9.57. The number of nitrogens with zero attached hydrogens (tertiary/aromatic N) is 1.